The molecule has 0 aromatic heterocycles. The molecule has 0 heterocycles. The van der Waals surface area contributed by atoms with Crippen LogP contribution in [0.3, 0.4) is 0 Å². The lowest BCUT2D eigenvalue weighted by molar-refractivity contribution is 0.586. The third kappa shape index (κ3) is 2.98. The van der Waals surface area contributed by atoms with Crippen molar-refractivity contribution in [1.82, 2.24) is 0 Å². The van der Waals surface area contributed by atoms with Crippen LogP contribution in [0.5, 0.6) is 0 Å². The van der Waals surface area contributed by atoms with E-state index in [1.54, 1.807) is 13.0 Å². The molecule has 0 bridgehead atoms. The summed E-state index contributed by atoms with van der Waals surface area (Å²) in [7, 11) is -3.24. The molecule has 0 aliphatic carbocycles. The molecule has 0 aliphatic rings. The normalized spacial score (nSPS) is 13.5. The highest BCUT2D eigenvalue weighted by atomic mass is 32.2. The van der Waals surface area contributed by atoms with Gasteiger partial charge in [0.25, 0.3) is 0 Å². The number of anilines is 1. The summed E-state index contributed by atoms with van der Waals surface area (Å²) in [5, 5.41) is -0.367. The molecule has 0 amide bonds. The maximum Gasteiger partial charge on any atom is 0.235 e. The van der Waals surface area contributed by atoms with Crippen LogP contribution >= 0.6 is 0 Å². The molecule has 0 aliphatic heterocycles. The average molecular weight is 241 g/mol. The monoisotopic (exact) mass is 241 g/mol. The molecule has 3 nitrogen and oxygen atoms in total. The maximum absolute atomic E-state index is 11.8. The molecule has 16 heavy (non-hydrogen) atoms. The van der Waals surface area contributed by atoms with Gasteiger partial charge in [0, 0.05) is 5.69 Å². The highest BCUT2D eigenvalue weighted by Gasteiger charge is 2.18. The number of hydrogen-bond donors (Lipinski definition) is 1. The van der Waals surface area contributed by atoms with Crippen molar-refractivity contribution in [3.05, 3.63) is 29.3 Å². The highest BCUT2D eigenvalue weighted by molar-refractivity contribution is 7.93. The quantitative estimate of drug-likeness (QED) is 0.881. The zero-order valence-electron chi connectivity index (χ0n) is 10.2. The van der Waals surface area contributed by atoms with Crippen molar-refractivity contribution in [2.75, 3.05) is 4.72 Å². The summed E-state index contributed by atoms with van der Waals surface area (Å²) < 4.78 is 26.2. The molecule has 1 N–H and O–H groups in total. The highest BCUT2D eigenvalue weighted by Crippen LogP contribution is 2.17. The van der Waals surface area contributed by atoms with E-state index >= 15 is 0 Å². The van der Waals surface area contributed by atoms with Gasteiger partial charge >= 0.3 is 0 Å². The number of benzene rings is 1. The molecule has 1 atom stereocenters. The Kier molecular flexibility index (Phi) is 3.97. The van der Waals surface area contributed by atoms with Gasteiger partial charge in [0.05, 0.1) is 5.25 Å². The Balaban J connectivity index is 2.93. The van der Waals surface area contributed by atoms with Gasteiger partial charge < -0.3 is 0 Å². The van der Waals surface area contributed by atoms with Gasteiger partial charge in [-0.25, -0.2) is 8.42 Å². The molecule has 1 aromatic rings. The largest absolute Gasteiger partial charge is 0.283 e. The summed E-state index contributed by atoms with van der Waals surface area (Å²) in [5.74, 6) is 0. The lowest BCUT2D eigenvalue weighted by Crippen LogP contribution is -2.24. The fraction of sp³-hybridized carbons (Fsp3) is 0.500. The smallest absolute Gasteiger partial charge is 0.235 e. The van der Waals surface area contributed by atoms with Crippen LogP contribution in [0.1, 0.15) is 31.4 Å². The molecule has 1 aromatic carbocycles. The van der Waals surface area contributed by atoms with E-state index in [-0.39, 0.29) is 5.25 Å². The van der Waals surface area contributed by atoms with Crippen molar-refractivity contribution in [2.45, 2.75) is 39.4 Å². The molecule has 1 rings (SSSR count). The van der Waals surface area contributed by atoms with E-state index in [1.165, 1.54) is 0 Å². The van der Waals surface area contributed by atoms with Gasteiger partial charge in [0.1, 0.15) is 0 Å². The first-order valence-corrected chi connectivity index (χ1v) is 7.00. The second kappa shape index (κ2) is 4.87. The summed E-state index contributed by atoms with van der Waals surface area (Å²) in [4.78, 5) is 0. The minimum absolute atomic E-state index is 0.367. The van der Waals surface area contributed by atoms with Crippen molar-refractivity contribution >= 4 is 15.7 Å². The van der Waals surface area contributed by atoms with Crippen LogP contribution < -0.4 is 4.72 Å². The van der Waals surface area contributed by atoms with Crippen LogP contribution in [0.15, 0.2) is 18.2 Å². The zero-order valence-corrected chi connectivity index (χ0v) is 11.1. The molecule has 0 radical (unpaired) electrons. The molecular formula is C12H19NO2S. The Bertz CT molecular complexity index is 466. The molecule has 4 heteroatoms. The number of sulfonamides is 1. The number of hydrogen-bond acceptors (Lipinski definition) is 2. The van der Waals surface area contributed by atoms with Gasteiger partial charge in [0.15, 0.2) is 0 Å². The summed E-state index contributed by atoms with van der Waals surface area (Å²) in [5.41, 5.74) is 2.89. The van der Waals surface area contributed by atoms with Gasteiger partial charge in [0.2, 0.25) is 10.0 Å². The second-order valence-electron chi connectivity index (χ2n) is 4.16. The van der Waals surface area contributed by atoms with Gasteiger partial charge in [-0.05, 0) is 50.5 Å². The lowest BCUT2D eigenvalue weighted by atomic mass is 10.1. The van der Waals surface area contributed by atoms with E-state index in [2.05, 4.69) is 4.72 Å². The fourth-order valence-electron chi connectivity index (χ4n) is 1.29. The fourth-order valence-corrected chi connectivity index (χ4v) is 2.38. The van der Waals surface area contributed by atoms with Crippen molar-refractivity contribution in [2.24, 2.45) is 0 Å². The summed E-state index contributed by atoms with van der Waals surface area (Å²) in [6.45, 7) is 7.55. The Labute approximate surface area is 97.9 Å². The predicted octanol–water partition coefficient (Wildman–Crippen LogP) is 2.84. The van der Waals surface area contributed by atoms with Gasteiger partial charge in [-0.2, -0.15) is 0 Å². The standard InChI is InChI=1S/C12H19NO2S/c1-5-11(4)16(14,15)13-12-7-6-9(2)10(3)8-12/h6-8,11,13H,5H2,1-4H3/t11-/m0/s1. The van der Waals surface area contributed by atoms with Crippen molar-refractivity contribution in [3.63, 3.8) is 0 Å². The first kappa shape index (κ1) is 13.0. The summed E-state index contributed by atoms with van der Waals surface area (Å²) >= 11 is 0. The maximum atomic E-state index is 11.8. The molecule has 0 unspecified atom stereocenters. The summed E-state index contributed by atoms with van der Waals surface area (Å²) in [6, 6.07) is 5.57. The van der Waals surface area contributed by atoms with Crippen LogP contribution in [-0.2, 0) is 10.0 Å². The minimum Gasteiger partial charge on any atom is -0.283 e. The van der Waals surface area contributed by atoms with E-state index in [0.717, 1.165) is 11.1 Å². The summed E-state index contributed by atoms with van der Waals surface area (Å²) in [6.07, 6.45) is 0.611. The third-order valence-corrected chi connectivity index (χ3v) is 4.78. The number of nitrogens with one attached hydrogen (secondary N) is 1. The van der Waals surface area contributed by atoms with E-state index in [1.807, 2.05) is 32.9 Å². The number of rotatable bonds is 4. The predicted molar refractivity (Wildman–Crippen MR) is 68.2 cm³/mol. The molecule has 0 fully saturated rings. The van der Waals surface area contributed by atoms with E-state index in [0.29, 0.717) is 12.1 Å². The Hall–Kier alpha value is -1.03. The van der Waals surface area contributed by atoms with Crippen LogP contribution in [0, 0.1) is 13.8 Å². The van der Waals surface area contributed by atoms with Crippen LogP contribution in [0.4, 0.5) is 5.69 Å². The van der Waals surface area contributed by atoms with Crippen LogP contribution in [-0.4, -0.2) is 13.7 Å². The lowest BCUT2D eigenvalue weighted by Gasteiger charge is -2.13. The Morgan fingerprint density at radius 2 is 1.88 bits per heavy atom. The van der Waals surface area contributed by atoms with Crippen molar-refractivity contribution < 1.29 is 8.42 Å². The topological polar surface area (TPSA) is 46.2 Å². The van der Waals surface area contributed by atoms with Crippen LogP contribution in [0.25, 0.3) is 0 Å². The SMILES string of the molecule is CC[C@H](C)S(=O)(=O)Nc1ccc(C)c(C)c1. The van der Waals surface area contributed by atoms with Crippen LogP contribution in [0.2, 0.25) is 0 Å². The number of aryl methyl sites for hydroxylation is 2. The Morgan fingerprint density at radius 1 is 1.25 bits per heavy atom. The van der Waals surface area contributed by atoms with Crippen molar-refractivity contribution in [3.8, 4) is 0 Å². The first-order valence-electron chi connectivity index (χ1n) is 5.45. The van der Waals surface area contributed by atoms with Crippen molar-refractivity contribution in [1.29, 1.82) is 0 Å². The van der Waals surface area contributed by atoms with Gasteiger partial charge in [-0.1, -0.05) is 13.0 Å². The first-order chi connectivity index (χ1) is 7.36. The second-order valence-corrected chi connectivity index (χ2v) is 6.26. The average Bonchev–Trinajstić information content (AvgIpc) is 2.22. The molecular weight excluding hydrogens is 222 g/mol. The van der Waals surface area contributed by atoms with Gasteiger partial charge in [-0.3, -0.25) is 4.72 Å². The Morgan fingerprint density at radius 3 is 2.38 bits per heavy atom. The molecule has 0 spiro atoms. The van der Waals surface area contributed by atoms with E-state index < -0.39 is 10.0 Å². The third-order valence-electron chi connectivity index (χ3n) is 2.87. The molecule has 0 saturated heterocycles. The zero-order chi connectivity index (χ0) is 12.3. The van der Waals surface area contributed by atoms with E-state index in [9.17, 15) is 8.42 Å². The molecule has 90 valence electrons. The van der Waals surface area contributed by atoms with Gasteiger partial charge in [-0.15, -0.1) is 0 Å². The van der Waals surface area contributed by atoms with E-state index in [4.69, 9.17) is 0 Å². The molecule has 0 saturated carbocycles. The minimum atomic E-state index is -3.24.